The Hall–Kier alpha value is -3.52. The number of rotatable bonds is 7. The van der Waals surface area contributed by atoms with Crippen molar-refractivity contribution in [1.82, 2.24) is 5.32 Å². The van der Waals surface area contributed by atoms with Gasteiger partial charge in [-0.25, -0.2) is 9.59 Å². The molecule has 1 amide bonds. The van der Waals surface area contributed by atoms with Gasteiger partial charge in [-0.3, -0.25) is 0 Å². The minimum Gasteiger partial charge on any atom is -0.458 e. The number of fused-ring (bicyclic) bond motifs is 3. The van der Waals surface area contributed by atoms with E-state index in [0.717, 1.165) is 28.3 Å². The number of hydrogen-bond acceptors (Lipinski definition) is 4. The van der Waals surface area contributed by atoms with Crippen LogP contribution < -0.4 is 5.32 Å². The molecule has 39 heavy (non-hydrogen) atoms. The predicted octanol–water partition coefficient (Wildman–Crippen LogP) is 7.54. The molecule has 1 N–H and O–H groups in total. The van der Waals surface area contributed by atoms with Crippen LogP contribution in [-0.2, 0) is 26.9 Å². The van der Waals surface area contributed by atoms with Gasteiger partial charge in [0.2, 0.25) is 0 Å². The smallest absolute Gasteiger partial charge is 0.417 e. The Kier molecular flexibility index (Phi) is 8.25. The van der Waals surface area contributed by atoms with E-state index in [9.17, 15) is 22.8 Å². The van der Waals surface area contributed by atoms with Crippen molar-refractivity contribution in [2.75, 3.05) is 6.61 Å². The summed E-state index contributed by atoms with van der Waals surface area (Å²) in [7, 11) is 0. The van der Waals surface area contributed by atoms with Crippen molar-refractivity contribution in [3.63, 3.8) is 0 Å². The number of hydrogen-bond donors (Lipinski definition) is 1. The first-order chi connectivity index (χ1) is 18.3. The standard InChI is InChI=1S/C30H29ClF3NO4/c1-29(2,3)39-27(36)26(15-13-18-12-14-24(25(31)16-18)30(32,33)34)35-28(37)38-17-23-21-10-6-4-8-19(21)20-9-5-7-11-22(20)23/h4-12,14,16,23,26H,13,15,17H2,1-3H3,(H,35,37)/t26-/m0/s1. The number of alkyl halides is 3. The molecule has 9 heteroatoms. The highest BCUT2D eigenvalue weighted by Crippen LogP contribution is 2.44. The van der Waals surface area contributed by atoms with E-state index < -0.39 is 40.5 Å². The number of halogens is 4. The van der Waals surface area contributed by atoms with Gasteiger partial charge in [0.05, 0.1) is 10.6 Å². The van der Waals surface area contributed by atoms with E-state index in [4.69, 9.17) is 21.1 Å². The molecule has 0 saturated carbocycles. The largest absolute Gasteiger partial charge is 0.458 e. The summed E-state index contributed by atoms with van der Waals surface area (Å²) < 4.78 is 50.2. The Bertz CT molecular complexity index is 1320. The van der Waals surface area contributed by atoms with Crippen molar-refractivity contribution < 1.29 is 32.2 Å². The Morgan fingerprint density at radius 2 is 1.54 bits per heavy atom. The Balaban J connectivity index is 1.44. The molecule has 0 saturated heterocycles. The average molecular weight is 560 g/mol. The second-order valence-electron chi connectivity index (χ2n) is 10.4. The van der Waals surface area contributed by atoms with Crippen molar-refractivity contribution in [2.24, 2.45) is 0 Å². The van der Waals surface area contributed by atoms with Gasteiger partial charge in [-0.15, -0.1) is 0 Å². The van der Waals surface area contributed by atoms with Crippen LogP contribution in [0, 0.1) is 0 Å². The molecular weight excluding hydrogens is 531 g/mol. The maximum atomic E-state index is 13.0. The molecule has 0 radical (unpaired) electrons. The molecule has 0 heterocycles. The van der Waals surface area contributed by atoms with Gasteiger partial charge < -0.3 is 14.8 Å². The summed E-state index contributed by atoms with van der Waals surface area (Å²) >= 11 is 5.84. The molecule has 5 nitrogen and oxygen atoms in total. The summed E-state index contributed by atoms with van der Waals surface area (Å²) in [5.74, 6) is -0.827. The van der Waals surface area contributed by atoms with E-state index in [1.807, 2.05) is 48.5 Å². The second kappa shape index (κ2) is 11.3. The normalized spacial score (nSPS) is 13.8. The summed E-state index contributed by atoms with van der Waals surface area (Å²) in [5.41, 5.74) is 3.01. The number of carbonyl (C=O) groups is 2. The van der Waals surface area contributed by atoms with Crippen LogP contribution in [-0.4, -0.2) is 30.3 Å². The predicted molar refractivity (Wildman–Crippen MR) is 143 cm³/mol. The van der Waals surface area contributed by atoms with Crippen LogP contribution in [0.1, 0.15) is 55.4 Å². The topological polar surface area (TPSA) is 64.6 Å². The number of benzene rings is 3. The maximum Gasteiger partial charge on any atom is 0.417 e. The zero-order chi connectivity index (χ0) is 28.4. The van der Waals surface area contributed by atoms with E-state index in [1.165, 1.54) is 12.1 Å². The van der Waals surface area contributed by atoms with Crippen molar-refractivity contribution in [3.8, 4) is 11.1 Å². The zero-order valence-electron chi connectivity index (χ0n) is 21.8. The lowest BCUT2D eigenvalue weighted by Gasteiger charge is -2.25. The highest BCUT2D eigenvalue weighted by atomic mass is 35.5. The van der Waals surface area contributed by atoms with Gasteiger partial charge in [0.1, 0.15) is 18.2 Å². The van der Waals surface area contributed by atoms with E-state index >= 15 is 0 Å². The van der Waals surface area contributed by atoms with Gasteiger partial charge in [0, 0.05) is 5.92 Å². The molecule has 1 aliphatic carbocycles. The SMILES string of the molecule is CC(C)(C)OC(=O)[C@H](CCc1ccc(C(F)(F)F)c(Cl)c1)NC(=O)OCC1c2ccccc2-c2ccccc21. The van der Waals surface area contributed by atoms with Crippen molar-refractivity contribution in [2.45, 2.75) is 57.3 Å². The summed E-state index contributed by atoms with van der Waals surface area (Å²) in [5, 5.41) is 2.15. The number of esters is 1. The quantitative estimate of drug-likeness (QED) is 0.304. The van der Waals surface area contributed by atoms with Gasteiger partial charge in [-0.2, -0.15) is 13.2 Å². The minimum atomic E-state index is -4.57. The van der Waals surface area contributed by atoms with Crippen LogP contribution in [0.2, 0.25) is 5.02 Å². The molecular formula is C30H29ClF3NO4. The summed E-state index contributed by atoms with van der Waals surface area (Å²) in [4.78, 5) is 25.7. The zero-order valence-corrected chi connectivity index (χ0v) is 22.5. The third kappa shape index (κ3) is 6.92. The van der Waals surface area contributed by atoms with Crippen molar-refractivity contribution >= 4 is 23.7 Å². The van der Waals surface area contributed by atoms with Gasteiger partial charge in [-0.05, 0) is 73.6 Å². The molecule has 0 spiro atoms. The van der Waals surface area contributed by atoms with E-state index in [0.29, 0.717) is 5.56 Å². The van der Waals surface area contributed by atoms with Crippen LogP contribution >= 0.6 is 11.6 Å². The second-order valence-corrected chi connectivity index (χ2v) is 10.8. The van der Waals surface area contributed by atoms with Gasteiger partial charge >= 0.3 is 18.2 Å². The Morgan fingerprint density at radius 1 is 0.949 bits per heavy atom. The summed E-state index contributed by atoms with van der Waals surface area (Å²) in [6.45, 7) is 5.16. The molecule has 3 aromatic carbocycles. The lowest BCUT2D eigenvalue weighted by atomic mass is 9.98. The lowest BCUT2D eigenvalue weighted by molar-refractivity contribution is -0.157. The van der Waals surface area contributed by atoms with Crippen LogP contribution in [0.5, 0.6) is 0 Å². The molecule has 3 aromatic rings. The van der Waals surface area contributed by atoms with Crippen molar-refractivity contribution in [3.05, 3.63) is 94.0 Å². The fourth-order valence-corrected chi connectivity index (χ4v) is 4.97. The maximum absolute atomic E-state index is 13.0. The van der Waals surface area contributed by atoms with E-state index in [1.54, 1.807) is 20.8 Å². The lowest BCUT2D eigenvalue weighted by Crippen LogP contribution is -2.45. The number of aryl methyl sites for hydroxylation is 1. The van der Waals surface area contributed by atoms with Crippen molar-refractivity contribution in [1.29, 1.82) is 0 Å². The first kappa shape index (κ1) is 28.5. The first-order valence-electron chi connectivity index (χ1n) is 12.5. The number of nitrogens with one attached hydrogen (secondary N) is 1. The van der Waals surface area contributed by atoms with Crippen LogP contribution in [0.15, 0.2) is 66.7 Å². The summed E-state index contributed by atoms with van der Waals surface area (Å²) in [6, 6.07) is 18.2. The number of ether oxygens (including phenoxy) is 2. The third-order valence-corrected chi connectivity index (χ3v) is 6.70. The third-order valence-electron chi connectivity index (χ3n) is 6.39. The first-order valence-corrected chi connectivity index (χ1v) is 12.9. The number of amides is 1. The number of alkyl carbamates (subject to hydrolysis) is 1. The summed E-state index contributed by atoms with van der Waals surface area (Å²) in [6.07, 6.45) is -5.12. The van der Waals surface area contributed by atoms with Gasteiger partial charge in [0.25, 0.3) is 0 Å². The molecule has 0 aliphatic heterocycles. The molecule has 206 valence electrons. The van der Waals surface area contributed by atoms with E-state index in [-0.39, 0.29) is 25.4 Å². The molecule has 0 fully saturated rings. The Labute approximate surface area is 230 Å². The Morgan fingerprint density at radius 3 is 2.08 bits per heavy atom. The molecule has 0 bridgehead atoms. The molecule has 0 unspecified atom stereocenters. The van der Waals surface area contributed by atoms with E-state index in [2.05, 4.69) is 5.32 Å². The molecule has 4 rings (SSSR count). The average Bonchev–Trinajstić information content (AvgIpc) is 3.17. The van der Waals surface area contributed by atoms with Gasteiger partial charge in [-0.1, -0.05) is 66.2 Å². The highest BCUT2D eigenvalue weighted by molar-refractivity contribution is 6.31. The molecule has 1 atom stereocenters. The van der Waals surface area contributed by atoms with Gasteiger partial charge in [0.15, 0.2) is 0 Å². The fraction of sp³-hybridized carbons (Fsp3) is 0.333. The fourth-order valence-electron chi connectivity index (χ4n) is 4.66. The van der Waals surface area contributed by atoms with Crippen LogP contribution in [0.4, 0.5) is 18.0 Å². The molecule has 1 aliphatic rings. The van der Waals surface area contributed by atoms with Crippen LogP contribution in [0.3, 0.4) is 0 Å². The highest BCUT2D eigenvalue weighted by Gasteiger charge is 2.34. The monoisotopic (exact) mass is 559 g/mol. The van der Waals surface area contributed by atoms with Crippen LogP contribution in [0.25, 0.3) is 11.1 Å². The molecule has 0 aromatic heterocycles. The minimum absolute atomic E-state index is 0.0649. The number of carbonyl (C=O) groups excluding carboxylic acids is 2.